The predicted octanol–water partition coefficient (Wildman–Crippen LogP) is 2.50. The van der Waals surface area contributed by atoms with Crippen LogP contribution in [-0.4, -0.2) is 58.9 Å². The van der Waals surface area contributed by atoms with Gasteiger partial charge >= 0.3 is 6.16 Å². The zero-order valence-corrected chi connectivity index (χ0v) is 22.4. The first-order chi connectivity index (χ1) is 19.8. The molecule has 14 heteroatoms. The van der Waals surface area contributed by atoms with Crippen molar-refractivity contribution in [3.05, 3.63) is 98.5 Å². The Morgan fingerprint density at radius 1 is 1.12 bits per heavy atom. The molecule has 0 bridgehead atoms. The Hall–Kier alpha value is -4.14. The lowest BCUT2D eigenvalue weighted by molar-refractivity contribution is -0.262. The molecule has 3 aliphatic rings. The Bertz CT molecular complexity index is 1650. The van der Waals surface area contributed by atoms with Crippen LogP contribution < -0.4 is 10.4 Å². The van der Waals surface area contributed by atoms with Gasteiger partial charge in [-0.15, -0.1) is 0 Å². The number of methoxy groups -OCH3 is 1. The Balaban J connectivity index is 1.60. The van der Waals surface area contributed by atoms with Crippen molar-refractivity contribution in [2.75, 3.05) is 31.9 Å². The van der Waals surface area contributed by atoms with Crippen LogP contribution in [0.2, 0.25) is 0 Å². The van der Waals surface area contributed by atoms with Crippen LogP contribution in [0.25, 0.3) is 0 Å². The molecule has 1 aromatic heterocycles. The third-order valence-corrected chi connectivity index (χ3v) is 8.74. The van der Waals surface area contributed by atoms with Crippen LogP contribution in [0.3, 0.4) is 0 Å². The number of hydrogen-bond donors (Lipinski definition) is 0. The summed E-state index contributed by atoms with van der Waals surface area (Å²) in [6.07, 6.45) is -0.488. The molecule has 41 heavy (non-hydrogen) atoms. The number of aromatic nitrogens is 1. The van der Waals surface area contributed by atoms with Crippen molar-refractivity contribution in [3.63, 3.8) is 0 Å². The molecule has 0 N–H and O–H groups in total. The molecule has 0 radical (unpaired) electrons. The standard InChI is InChI=1S/C27H23F2N3O8S/c1-37-27(35)40-39-12-17-20(33)8-9-31-25(17)26(34)30-10-11-38-13-22(30)32(31)24-15-6-7-19(28)23(29)18(15)14-41(36)21-5-3-2-4-16(21)24/h2-9,22,24H,10-14H2,1H3/t22-,24+,41?/m1/s1. The lowest BCUT2D eigenvalue weighted by atomic mass is 9.93. The molecule has 3 aliphatic heterocycles. The fourth-order valence-corrected chi connectivity index (χ4v) is 6.89. The summed E-state index contributed by atoms with van der Waals surface area (Å²) >= 11 is 0. The summed E-state index contributed by atoms with van der Waals surface area (Å²) < 4.78 is 54.8. The van der Waals surface area contributed by atoms with Crippen LogP contribution in [0, 0.1) is 11.6 Å². The number of rotatable bonds is 4. The van der Waals surface area contributed by atoms with Crippen LogP contribution >= 0.6 is 0 Å². The molecule has 1 unspecified atom stereocenters. The van der Waals surface area contributed by atoms with Gasteiger partial charge in [0.1, 0.15) is 18.5 Å². The van der Waals surface area contributed by atoms with Crippen molar-refractivity contribution < 1.29 is 41.8 Å². The van der Waals surface area contributed by atoms with Crippen molar-refractivity contribution in [2.45, 2.75) is 29.5 Å². The average Bonchev–Trinajstić information content (AvgIpc) is 3.11. The first kappa shape index (κ1) is 27.1. The Morgan fingerprint density at radius 3 is 2.73 bits per heavy atom. The minimum absolute atomic E-state index is 0.0534. The zero-order valence-electron chi connectivity index (χ0n) is 21.6. The number of morpholine rings is 1. The molecule has 3 atom stereocenters. The molecule has 6 rings (SSSR count). The molecular weight excluding hydrogens is 564 g/mol. The van der Waals surface area contributed by atoms with Crippen molar-refractivity contribution >= 4 is 22.9 Å². The second kappa shape index (κ2) is 10.7. The number of benzene rings is 2. The van der Waals surface area contributed by atoms with Crippen LogP contribution in [0.4, 0.5) is 13.6 Å². The van der Waals surface area contributed by atoms with E-state index in [2.05, 4.69) is 9.62 Å². The summed E-state index contributed by atoms with van der Waals surface area (Å²) in [4.78, 5) is 49.6. The maximum Gasteiger partial charge on any atom is 0.540 e. The summed E-state index contributed by atoms with van der Waals surface area (Å²) in [6.45, 7) is -0.102. The average molecular weight is 588 g/mol. The Kier molecular flexibility index (Phi) is 7.05. The normalized spacial score (nSPS) is 21.2. The van der Waals surface area contributed by atoms with Gasteiger partial charge in [-0.25, -0.2) is 13.6 Å². The molecule has 214 valence electrons. The number of amides is 1. The summed E-state index contributed by atoms with van der Waals surface area (Å²) in [5, 5.41) is 1.73. The van der Waals surface area contributed by atoms with Crippen molar-refractivity contribution in [3.8, 4) is 0 Å². The first-order valence-electron chi connectivity index (χ1n) is 12.5. The van der Waals surface area contributed by atoms with E-state index in [9.17, 15) is 23.0 Å². The lowest BCUT2D eigenvalue weighted by Crippen LogP contribution is -2.66. The number of pyridine rings is 1. The highest BCUT2D eigenvalue weighted by molar-refractivity contribution is 7.84. The van der Waals surface area contributed by atoms with Crippen LogP contribution in [0.1, 0.15) is 38.8 Å². The molecule has 0 aliphatic carbocycles. The van der Waals surface area contributed by atoms with Crippen LogP contribution in [0.15, 0.2) is 58.4 Å². The predicted molar refractivity (Wildman–Crippen MR) is 138 cm³/mol. The van der Waals surface area contributed by atoms with E-state index in [-0.39, 0.29) is 42.3 Å². The lowest BCUT2D eigenvalue weighted by Gasteiger charge is -2.51. The van der Waals surface area contributed by atoms with Gasteiger partial charge in [-0.1, -0.05) is 24.3 Å². The van der Waals surface area contributed by atoms with Gasteiger partial charge in [0.05, 0.1) is 48.5 Å². The summed E-state index contributed by atoms with van der Waals surface area (Å²) in [5.74, 6) is -2.94. The number of hydrogen-bond acceptors (Lipinski definition) is 9. The number of carbonyl (C=O) groups is 2. The van der Waals surface area contributed by atoms with Crippen molar-refractivity contribution in [1.82, 2.24) is 9.58 Å². The quantitative estimate of drug-likeness (QED) is 0.258. The minimum atomic E-state index is -1.71. The van der Waals surface area contributed by atoms with E-state index in [0.717, 1.165) is 13.2 Å². The van der Waals surface area contributed by atoms with Gasteiger partial charge in [-0.2, -0.15) is 4.89 Å². The molecule has 0 spiro atoms. The Labute approximate surface area is 234 Å². The second-order valence-electron chi connectivity index (χ2n) is 9.44. The number of ether oxygens (including phenoxy) is 2. The summed E-state index contributed by atoms with van der Waals surface area (Å²) in [6, 6.07) is 9.65. The van der Waals surface area contributed by atoms with Crippen molar-refractivity contribution in [1.29, 1.82) is 0 Å². The van der Waals surface area contributed by atoms with Gasteiger partial charge in [0.15, 0.2) is 17.1 Å². The van der Waals surface area contributed by atoms with E-state index in [1.165, 1.54) is 27.9 Å². The van der Waals surface area contributed by atoms with Gasteiger partial charge in [-0.3, -0.25) is 28.4 Å². The fraction of sp³-hybridized carbons (Fsp3) is 0.296. The summed E-state index contributed by atoms with van der Waals surface area (Å²) in [5.41, 5.74) is 0.108. The highest BCUT2D eigenvalue weighted by Crippen LogP contribution is 2.42. The number of halogens is 2. The molecular formula is C27H23F2N3O8S. The highest BCUT2D eigenvalue weighted by Gasteiger charge is 2.46. The maximum absolute atomic E-state index is 15.3. The van der Waals surface area contributed by atoms with Gasteiger partial charge in [0.25, 0.3) is 5.91 Å². The van der Waals surface area contributed by atoms with Crippen LogP contribution in [0.5, 0.6) is 0 Å². The van der Waals surface area contributed by atoms with E-state index in [4.69, 9.17) is 9.62 Å². The molecule has 1 saturated heterocycles. The smallest absolute Gasteiger partial charge is 0.436 e. The van der Waals surface area contributed by atoms with Crippen molar-refractivity contribution in [2.24, 2.45) is 0 Å². The molecule has 4 heterocycles. The van der Waals surface area contributed by atoms with Crippen LogP contribution in [-0.2, 0) is 42.4 Å². The monoisotopic (exact) mass is 587 g/mol. The second-order valence-corrected chi connectivity index (χ2v) is 10.9. The SMILES string of the molecule is COC(=O)OOCc1c2n(ccc1=O)N([C@@H]1c3ccccc3S(=O)Cc3c1ccc(F)c3F)[C@@H]1COCCN1C2=O. The van der Waals surface area contributed by atoms with Gasteiger partial charge in [-0.05, 0) is 23.3 Å². The molecule has 11 nitrogen and oxygen atoms in total. The van der Waals surface area contributed by atoms with Gasteiger partial charge in [0, 0.05) is 29.3 Å². The number of nitrogens with zero attached hydrogens (tertiary/aromatic N) is 3. The highest BCUT2D eigenvalue weighted by atomic mass is 32.2. The largest absolute Gasteiger partial charge is 0.540 e. The van der Waals surface area contributed by atoms with E-state index in [1.54, 1.807) is 29.3 Å². The maximum atomic E-state index is 15.3. The minimum Gasteiger partial charge on any atom is -0.436 e. The zero-order chi connectivity index (χ0) is 28.8. The van der Waals surface area contributed by atoms with E-state index in [1.807, 2.05) is 0 Å². The molecule has 2 aromatic carbocycles. The number of fused-ring (bicyclic) bond motifs is 4. The fourth-order valence-electron chi connectivity index (χ4n) is 5.51. The third-order valence-electron chi connectivity index (χ3n) is 7.32. The van der Waals surface area contributed by atoms with E-state index < -0.39 is 58.7 Å². The van der Waals surface area contributed by atoms with Gasteiger partial charge < -0.3 is 14.4 Å². The topological polar surface area (TPSA) is 117 Å². The van der Waals surface area contributed by atoms with Gasteiger partial charge in [0.2, 0.25) is 0 Å². The molecule has 0 saturated carbocycles. The summed E-state index contributed by atoms with van der Waals surface area (Å²) in [7, 11) is -0.636. The molecule has 1 fully saturated rings. The first-order valence-corrected chi connectivity index (χ1v) is 13.9. The molecule has 1 amide bonds. The number of carbonyl (C=O) groups excluding carboxylic acids is 2. The van der Waals surface area contributed by atoms with E-state index in [0.29, 0.717) is 16.0 Å². The molecule has 3 aromatic rings. The third kappa shape index (κ3) is 4.47. The Morgan fingerprint density at radius 2 is 1.93 bits per heavy atom. The van der Waals surface area contributed by atoms with E-state index >= 15 is 4.39 Å².